The summed E-state index contributed by atoms with van der Waals surface area (Å²) in [5.74, 6) is -0.0782. The Hall–Kier alpha value is -1.55. The van der Waals surface area contributed by atoms with Crippen LogP contribution in [0.2, 0.25) is 0 Å². The summed E-state index contributed by atoms with van der Waals surface area (Å²) in [6.07, 6.45) is 3.50. The molecule has 1 atom stereocenters. The average Bonchev–Trinajstić information content (AvgIpc) is 2.43. The summed E-state index contributed by atoms with van der Waals surface area (Å²) in [5, 5.41) is 18.5. The summed E-state index contributed by atoms with van der Waals surface area (Å²) >= 11 is 0. The van der Waals surface area contributed by atoms with Crippen molar-refractivity contribution >= 4 is 5.97 Å². The molecule has 4 heteroatoms. The van der Waals surface area contributed by atoms with Gasteiger partial charge in [0, 0.05) is 18.6 Å². The third kappa shape index (κ3) is 2.73. The van der Waals surface area contributed by atoms with E-state index in [2.05, 4.69) is 0 Å². The molecule has 4 nitrogen and oxygen atoms in total. The monoisotopic (exact) mass is 264 g/mol. The standard InChI is InChI=1S/C15H20O4/c16-10-5-1-4-8-15(14(17)18)9-11-19-13-7-3-2-6-12(13)15/h2-3,6-7,16H,1,4-5,8-11H2,(H,17,18). The van der Waals surface area contributed by atoms with Gasteiger partial charge in [-0.05, 0) is 18.9 Å². The van der Waals surface area contributed by atoms with Crippen molar-refractivity contribution in [2.24, 2.45) is 0 Å². The molecule has 104 valence electrons. The normalized spacial score (nSPS) is 21.5. The second kappa shape index (κ2) is 6.06. The third-order valence-electron chi connectivity index (χ3n) is 3.86. The summed E-state index contributed by atoms with van der Waals surface area (Å²) in [6, 6.07) is 7.41. The van der Waals surface area contributed by atoms with Gasteiger partial charge in [0.2, 0.25) is 0 Å². The number of para-hydroxylation sites is 1. The van der Waals surface area contributed by atoms with Gasteiger partial charge in [-0.1, -0.05) is 31.0 Å². The van der Waals surface area contributed by atoms with E-state index in [9.17, 15) is 9.90 Å². The number of hydrogen-bond acceptors (Lipinski definition) is 3. The smallest absolute Gasteiger partial charge is 0.314 e. The summed E-state index contributed by atoms with van der Waals surface area (Å²) in [7, 11) is 0. The number of rotatable bonds is 6. The molecule has 2 rings (SSSR count). The van der Waals surface area contributed by atoms with Crippen molar-refractivity contribution in [3.05, 3.63) is 29.8 Å². The van der Waals surface area contributed by atoms with Crippen molar-refractivity contribution < 1.29 is 19.7 Å². The van der Waals surface area contributed by atoms with Crippen LogP contribution < -0.4 is 4.74 Å². The molecule has 1 aliphatic heterocycles. The summed E-state index contributed by atoms with van der Waals surface area (Å²) in [5.41, 5.74) is -0.0395. The van der Waals surface area contributed by atoms with Gasteiger partial charge in [0.15, 0.2) is 0 Å². The van der Waals surface area contributed by atoms with Gasteiger partial charge in [-0.15, -0.1) is 0 Å². The Morgan fingerprint density at radius 1 is 1.26 bits per heavy atom. The van der Waals surface area contributed by atoms with Crippen molar-refractivity contribution in [2.45, 2.75) is 37.5 Å². The highest BCUT2D eigenvalue weighted by Gasteiger charge is 2.43. The van der Waals surface area contributed by atoms with Crippen LogP contribution in [0.15, 0.2) is 24.3 Å². The Morgan fingerprint density at radius 3 is 2.79 bits per heavy atom. The molecule has 0 bridgehead atoms. The Morgan fingerprint density at radius 2 is 2.05 bits per heavy atom. The van der Waals surface area contributed by atoms with E-state index in [1.54, 1.807) is 0 Å². The minimum atomic E-state index is -0.829. The van der Waals surface area contributed by atoms with Crippen molar-refractivity contribution in [1.29, 1.82) is 0 Å². The number of ether oxygens (including phenoxy) is 1. The van der Waals surface area contributed by atoms with Crippen LogP contribution in [0.1, 0.15) is 37.7 Å². The number of carboxylic acid groups (broad SMARTS) is 1. The van der Waals surface area contributed by atoms with Gasteiger partial charge in [-0.25, -0.2) is 0 Å². The molecule has 1 heterocycles. The van der Waals surface area contributed by atoms with E-state index >= 15 is 0 Å². The van der Waals surface area contributed by atoms with E-state index in [0.717, 1.165) is 24.8 Å². The molecule has 1 unspecified atom stereocenters. The fraction of sp³-hybridized carbons (Fsp3) is 0.533. The lowest BCUT2D eigenvalue weighted by atomic mass is 9.72. The molecule has 0 saturated heterocycles. The van der Waals surface area contributed by atoms with Gasteiger partial charge < -0.3 is 14.9 Å². The highest BCUT2D eigenvalue weighted by atomic mass is 16.5. The molecule has 0 aliphatic carbocycles. The number of benzene rings is 1. The van der Waals surface area contributed by atoms with E-state index in [4.69, 9.17) is 9.84 Å². The lowest BCUT2D eigenvalue weighted by Gasteiger charge is -2.35. The summed E-state index contributed by atoms with van der Waals surface area (Å²) in [4.78, 5) is 11.8. The van der Waals surface area contributed by atoms with Crippen LogP contribution in [0.25, 0.3) is 0 Å². The maximum atomic E-state index is 11.8. The SMILES string of the molecule is O=C(O)C1(CCCCCO)CCOc2ccccc21. The molecule has 1 aliphatic rings. The van der Waals surface area contributed by atoms with Crippen molar-refractivity contribution in [3.63, 3.8) is 0 Å². The zero-order valence-electron chi connectivity index (χ0n) is 11.0. The largest absolute Gasteiger partial charge is 0.493 e. The first kappa shape index (κ1) is 13.9. The lowest BCUT2D eigenvalue weighted by Crippen LogP contribution is -2.40. The fourth-order valence-electron chi connectivity index (χ4n) is 2.76. The molecule has 2 N–H and O–H groups in total. The second-order valence-electron chi connectivity index (χ2n) is 5.02. The van der Waals surface area contributed by atoms with Gasteiger partial charge in [0.25, 0.3) is 0 Å². The molecular weight excluding hydrogens is 244 g/mol. The second-order valence-corrected chi connectivity index (χ2v) is 5.02. The van der Waals surface area contributed by atoms with Crippen LogP contribution in [0.5, 0.6) is 5.75 Å². The zero-order valence-corrected chi connectivity index (χ0v) is 11.0. The average molecular weight is 264 g/mol. The Balaban J connectivity index is 2.23. The number of aliphatic hydroxyl groups excluding tert-OH is 1. The molecule has 0 fully saturated rings. The number of carbonyl (C=O) groups is 1. The first-order valence-electron chi connectivity index (χ1n) is 6.77. The minimum Gasteiger partial charge on any atom is -0.493 e. The summed E-state index contributed by atoms with van der Waals surface area (Å²) in [6.45, 7) is 0.614. The molecule has 0 spiro atoms. The Kier molecular flexibility index (Phi) is 4.43. The highest BCUT2D eigenvalue weighted by Crippen LogP contribution is 2.42. The van der Waals surface area contributed by atoms with Crippen LogP contribution >= 0.6 is 0 Å². The number of aliphatic hydroxyl groups is 1. The van der Waals surface area contributed by atoms with E-state index in [1.165, 1.54) is 0 Å². The Labute approximate surface area is 113 Å². The number of fused-ring (bicyclic) bond motifs is 1. The molecule has 0 radical (unpaired) electrons. The van der Waals surface area contributed by atoms with Crippen molar-refractivity contribution in [2.75, 3.05) is 13.2 Å². The predicted octanol–water partition coefficient (Wildman–Crippen LogP) is 2.34. The molecule has 19 heavy (non-hydrogen) atoms. The number of aliphatic carboxylic acids is 1. The summed E-state index contributed by atoms with van der Waals surface area (Å²) < 4.78 is 5.55. The quantitative estimate of drug-likeness (QED) is 0.774. The Bertz CT molecular complexity index is 444. The first-order chi connectivity index (χ1) is 9.20. The van der Waals surface area contributed by atoms with Gasteiger partial charge in [-0.3, -0.25) is 4.79 Å². The minimum absolute atomic E-state index is 0.166. The molecule has 0 aromatic heterocycles. The van der Waals surface area contributed by atoms with E-state index in [0.29, 0.717) is 25.2 Å². The van der Waals surface area contributed by atoms with Crippen LogP contribution in [0.3, 0.4) is 0 Å². The third-order valence-corrected chi connectivity index (χ3v) is 3.86. The maximum Gasteiger partial charge on any atom is 0.314 e. The number of hydrogen-bond donors (Lipinski definition) is 2. The topological polar surface area (TPSA) is 66.8 Å². The molecule has 1 aromatic carbocycles. The number of unbranched alkanes of at least 4 members (excludes halogenated alkanes) is 2. The molecular formula is C15H20O4. The highest BCUT2D eigenvalue weighted by molar-refractivity contribution is 5.83. The van der Waals surface area contributed by atoms with Crippen LogP contribution in [-0.4, -0.2) is 29.4 Å². The van der Waals surface area contributed by atoms with E-state index in [-0.39, 0.29) is 6.61 Å². The van der Waals surface area contributed by atoms with Gasteiger partial charge in [-0.2, -0.15) is 0 Å². The van der Waals surface area contributed by atoms with E-state index in [1.807, 2.05) is 24.3 Å². The van der Waals surface area contributed by atoms with Gasteiger partial charge >= 0.3 is 5.97 Å². The zero-order chi connectivity index (χ0) is 13.7. The molecule has 0 saturated carbocycles. The van der Waals surface area contributed by atoms with Crippen LogP contribution in [-0.2, 0) is 10.2 Å². The van der Waals surface area contributed by atoms with Crippen LogP contribution in [0.4, 0.5) is 0 Å². The predicted molar refractivity (Wildman–Crippen MR) is 71.4 cm³/mol. The van der Waals surface area contributed by atoms with Gasteiger partial charge in [0.05, 0.1) is 12.0 Å². The van der Waals surface area contributed by atoms with E-state index < -0.39 is 11.4 Å². The lowest BCUT2D eigenvalue weighted by molar-refractivity contribution is -0.145. The van der Waals surface area contributed by atoms with Crippen LogP contribution in [0, 0.1) is 0 Å². The first-order valence-corrected chi connectivity index (χ1v) is 6.77. The van der Waals surface area contributed by atoms with Gasteiger partial charge in [0.1, 0.15) is 5.75 Å². The maximum absolute atomic E-state index is 11.8. The molecule has 1 aromatic rings. The van der Waals surface area contributed by atoms with Crippen molar-refractivity contribution in [3.8, 4) is 5.75 Å². The van der Waals surface area contributed by atoms with Crippen molar-refractivity contribution in [1.82, 2.24) is 0 Å². The number of carboxylic acids is 1. The fourth-order valence-corrected chi connectivity index (χ4v) is 2.76. The molecule has 0 amide bonds.